The number of carbonyl (C=O) groups is 3. The van der Waals surface area contributed by atoms with Crippen LogP contribution in [-0.4, -0.2) is 78.0 Å². The van der Waals surface area contributed by atoms with E-state index < -0.39 is 23.9 Å². The van der Waals surface area contributed by atoms with Gasteiger partial charge in [-0.15, -0.1) is 11.8 Å². The summed E-state index contributed by atoms with van der Waals surface area (Å²) in [5.74, 6) is -0.698. The zero-order chi connectivity index (χ0) is 28.6. The molecule has 2 heterocycles. The van der Waals surface area contributed by atoms with Crippen LogP contribution in [-0.2, 0) is 19.0 Å². The fraction of sp³-hybridized carbons (Fsp3) is 0.370. The first-order valence-electron chi connectivity index (χ1n) is 11.7. The molecule has 0 radical (unpaired) electrons. The van der Waals surface area contributed by atoms with Gasteiger partial charge in [0.1, 0.15) is 11.8 Å². The van der Waals surface area contributed by atoms with Crippen LogP contribution in [0.3, 0.4) is 0 Å². The van der Waals surface area contributed by atoms with Crippen LogP contribution in [0.25, 0.3) is 22.0 Å². The lowest BCUT2D eigenvalue weighted by Crippen LogP contribution is -2.27. The van der Waals surface area contributed by atoms with E-state index in [1.807, 2.05) is 17.6 Å². The van der Waals surface area contributed by atoms with Crippen molar-refractivity contribution in [3.05, 3.63) is 29.0 Å². The molecule has 0 saturated heterocycles. The molecule has 3 aromatic rings. The van der Waals surface area contributed by atoms with Crippen LogP contribution in [0.2, 0.25) is 0 Å². The summed E-state index contributed by atoms with van der Waals surface area (Å²) in [6.45, 7) is 1.85. The molecule has 0 N–H and O–H groups in total. The van der Waals surface area contributed by atoms with Gasteiger partial charge in [0.25, 0.3) is 0 Å². The molecule has 0 bridgehead atoms. The van der Waals surface area contributed by atoms with Crippen molar-refractivity contribution < 1.29 is 47.5 Å². The van der Waals surface area contributed by atoms with Crippen molar-refractivity contribution in [1.29, 1.82) is 0 Å². The maximum atomic E-state index is 13.5. The topological polar surface area (TPSA) is 121 Å². The fourth-order valence-electron chi connectivity index (χ4n) is 5.05. The SMILES string of the molecule is COC(=O)c1cc(OC)c(OC)c(OC)c1-c1c(C(=O)OC)c2c3c(cc(C)n3[C@H](C(=O)OC)CS2)c1OC. The van der Waals surface area contributed by atoms with E-state index in [-0.39, 0.29) is 45.3 Å². The number of hydrogen-bond donors (Lipinski definition) is 0. The highest BCUT2D eigenvalue weighted by Gasteiger charge is 2.39. The molecule has 12 heteroatoms. The van der Waals surface area contributed by atoms with Crippen molar-refractivity contribution >= 4 is 40.6 Å². The Morgan fingerprint density at radius 2 is 1.44 bits per heavy atom. The van der Waals surface area contributed by atoms with E-state index in [2.05, 4.69) is 0 Å². The van der Waals surface area contributed by atoms with E-state index in [9.17, 15) is 14.4 Å². The summed E-state index contributed by atoms with van der Waals surface area (Å²) < 4.78 is 40.0. The molecule has 0 spiro atoms. The Labute approximate surface area is 229 Å². The van der Waals surface area contributed by atoms with Crippen molar-refractivity contribution in [3.63, 3.8) is 0 Å². The minimum Gasteiger partial charge on any atom is -0.495 e. The predicted octanol–water partition coefficient (Wildman–Crippen LogP) is 4.04. The van der Waals surface area contributed by atoms with Gasteiger partial charge in [-0.25, -0.2) is 14.4 Å². The number of benzene rings is 2. The second-order valence-corrected chi connectivity index (χ2v) is 9.46. The Hall–Kier alpha value is -4.06. The van der Waals surface area contributed by atoms with Crippen LogP contribution in [0.5, 0.6) is 23.0 Å². The fourth-order valence-corrected chi connectivity index (χ4v) is 6.33. The summed E-state index contributed by atoms with van der Waals surface area (Å²) in [4.78, 5) is 39.9. The Morgan fingerprint density at radius 3 is 1.97 bits per heavy atom. The second-order valence-electron chi connectivity index (χ2n) is 8.43. The van der Waals surface area contributed by atoms with Crippen LogP contribution >= 0.6 is 11.8 Å². The molecule has 4 rings (SSSR count). The van der Waals surface area contributed by atoms with Gasteiger partial charge in [0.15, 0.2) is 11.5 Å². The van der Waals surface area contributed by atoms with Crippen molar-refractivity contribution in [1.82, 2.24) is 4.57 Å². The molecular formula is C27H29NO10S. The third-order valence-electron chi connectivity index (χ3n) is 6.64. The Bertz CT molecular complexity index is 1490. The molecule has 1 aliphatic heterocycles. The van der Waals surface area contributed by atoms with Gasteiger partial charge in [-0.3, -0.25) is 0 Å². The molecule has 0 amide bonds. The van der Waals surface area contributed by atoms with Gasteiger partial charge in [-0.05, 0) is 19.1 Å². The molecule has 0 aliphatic carbocycles. The average Bonchev–Trinajstić information content (AvgIpc) is 3.31. The van der Waals surface area contributed by atoms with Gasteiger partial charge in [0.05, 0.1) is 66.4 Å². The summed E-state index contributed by atoms with van der Waals surface area (Å²) >= 11 is 1.30. The largest absolute Gasteiger partial charge is 0.495 e. The highest BCUT2D eigenvalue weighted by Crippen LogP contribution is 2.55. The van der Waals surface area contributed by atoms with Gasteiger partial charge in [0, 0.05) is 32.9 Å². The van der Waals surface area contributed by atoms with Gasteiger partial charge in [-0.1, -0.05) is 0 Å². The Morgan fingerprint density at radius 1 is 0.795 bits per heavy atom. The summed E-state index contributed by atoms with van der Waals surface area (Å²) in [7, 11) is 9.55. The number of aryl methyl sites for hydroxylation is 1. The summed E-state index contributed by atoms with van der Waals surface area (Å²) in [6.07, 6.45) is 0. The smallest absolute Gasteiger partial charge is 0.339 e. The number of aromatic nitrogens is 1. The third-order valence-corrected chi connectivity index (χ3v) is 7.81. The molecule has 0 saturated carbocycles. The molecule has 11 nitrogen and oxygen atoms in total. The number of nitrogens with zero attached hydrogens (tertiary/aromatic N) is 1. The predicted molar refractivity (Wildman–Crippen MR) is 143 cm³/mol. The molecular weight excluding hydrogens is 530 g/mol. The number of ether oxygens (including phenoxy) is 7. The second kappa shape index (κ2) is 11.0. The first-order valence-corrected chi connectivity index (χ1v) is 12.7. The highest BCUT2D eigenvalue weighted by atomic mass is 32.2. The molecule has 208 valence electrons. The van der Waals surface area contributed by atoms with Crippen molar-refractivity contribution in [2.75, 3.05) is 55.5 Å². The molecule has 0 fully saturated rings. The monoisotopic (exact) mass is 559 g/mol. The van der Waals surface area contributed by atoms with Crippen LogP contribution in [0.15, 0.2) is 17.0 Å². The van der Waals surface area contributed by atoms with Crippen LogP contribution in [0.1, 0.15) is 32.5 Å². The zero-order valence-corrected chi connectivity index (χ0v) is 23.7. The van der Waals surface area contributed by atoms with Crippen LogP contribution in [0, 0.1) is 6.92 Å². The van der Waals surface area contributed by atoms with E-state index in [1.54, 1.807) is 0 Å². The number of methoxy groups -OCH3 is 7. The summed E-state index contributed by atoms with van der Waals surface area (Å²) in [6, 6.07) is 2.69. The molecule has 2 aromatic carbocycles. The van der Waals surface area contributed by atoms with Gasteiger partial charge in [0.2, 0.25) is 5.75 Å². The summed E-state index contributed by atoms with van der Waals surface area (Å²) in [5, 5.41) is 0.612. The molecule has 1 atom stereocenters. The van der Waals surface area contributed by atoms with E-state index in [0.717, 1.165) is 5.69 Å². The lowest BCUT2D eigenvalue weighted by molar-refractivity contribution is -0.143. The normalized spacial score (nSPS) is 14.0. The van der Waals surface area contributed by atoms with Gasteiger partial charge in [-0.2, -0.15) is 0 Å². The van der Waals surface area contributed by atoms with E-state index in [0.29, 0.717) is 21.6 Å². The number of hydrogen-bond acceptors (Lipinski definition) is 11. The highest BCUT2D eigenvalue weighted by molar-refractivity contribution is 7.99. The first kappa shape index (κ1) is 28.0. The van der Waals surface area contributed by atoms with Gasteiger partial charge < -0.3 is 37.7 Å². The molecule has 1 aromatic heterocycles. The van der Waals surface area contributed by atoms with Crippen molar-refractivity contribution in [2.45, 2.75) is 17.9 Å². The molecule has 0 unspecified atom stereocenters. The lowest BCUT2D eigenvalue weighted by atomic mass is 9.90. The zero-order valence-electron chi connectivity index (χ0n) is 22.9. The quantitative estimate of drug-likeness (QED) is 0.294. The first-order chi connectivity index (χ1) is 18.7. The number of rotatable bonds is 8. The van der Waals surface area contributed by atoms with Crippen LogP contribution in [0.4, 0.5) is 0 Å². The third kappa shape index (κ3) is 4.19. The standard InChI is InChI=1S/C27H29NO10S/c1-12-9-14-20-24(39-11-15(28(12)20)26(30)37-7)19(27(31)38-8)18(21(14)33-3)17-13(25(29)36-6)10-16(32-2)22(34-4)23(17)35-5/h9-10,15H,11H2,1-8H3/t15-/m0/s1. The van der Waals surface area contributed by atoms with Crippen LogP contribution < -0.4 is 18.9 Å². The number of carbonyl (C=O) groups excluding carboxylic acids is 3. The molecule has 1 aliphatic rings. The van der Waals surface area contributed by atoms with E-state index in [4.69, 9.17) is 33.2 Å². The Balaban J connectivity index is 2.29. The van der Waals surface area contributed by atoms with E-state index >= 15 is 0 Å². The van der Waals surface area contributed by atoms with Crippen molar-refractivity contribution in [2.24, 2.45) is 0 Å². The van der Waals surface area contributed by atoms with Crippen molar-refractivity contribution in [3.8, 4) is 34.1 Å². The minimum absolute atomic E-state index is 0.0476. The number of thioether (sulfide) groups is 1. The average molecular weight is 560 g/mol. The maximum absolute atomic E-state index is 13.5. The number of esters is 3. The molecule has 39 heavy (non-hydrogen) atoms. The maximum Gasteiger partial charge on any atom is 0.339 e. The lowest BCUT2D eigenvalue weighted by Gasteiger charge is -2.28. The van der Waals surface area contributed by atoms with E-state index in [1.165, 1.54) is 67.6 Å². The minimum atomic E-state index is -0.706. The Kier molecular flexibility index (Phi) is 7.86. The van der Waals surface area contributed by atoms with Gasteiger partial charge >= 0.3 is 17.9 Å². The summed E-state index contributed by atoms with van der Waals surface area (Å²) in [5.41, 5.74) is 1.97.